The minimum Gasteiger partial charge on any atom is -0.368 e. The van der Waals surface area contributed by atoms with Crippen LogP contribution in [0.1, 0.15) is 13.8 Å². The number of fused-ring (bicyclic) bond motifs is 1. The zero-order chi connectivity index (χ0) is 22.1. The largest absolute Gasteiger partial charge is 0.368 e. The van der Waals surface area contributed by atoms with E-state index in [2.05, 4.69) is 51.5 Å². The summed E-state index contributed by atoms with van der Waals surface area (Å²) in [6.07, 6.45) is 1.74. The molecule has 2 unspecified atom stereocenters. The van der Waals surface area contributed by atoms with E-state index in [0.717, 1.165) is 29.9 Å². The minimum absolute atomic E-state index is 0.128. The Labute approximate surface area is 186 Å². The summed E-state index contributed by atoms with van der Waals surface area (Å²) >= 11 is 0. The maximum Gasteiger partial charge on any atom is 0.256 e. The molecule has 7 heteroatoms. The zero-order valence-corrected chi connectivity index (χ0v) is 18.2. The summed E-state index contributed by atoms with van der Waals surface area (Å²) in [6, 6.07) is 22.1. The van der Waals surface area contributed by atoms with E-state index in [1.165, 1.54) is 5.69 Å². The van der Waals surface area contributed by atoms with Crippen LogP contribution >= 0.6 is 0 Å². The van der Waals surface area contributed by atoms with Crippen LogP contribution in [0, 0.1) is 0 Å². The number of hydrogen-bond acceptors (Lipinski definition) is 6. The number of hydrogen-bond donors (Lipinski definition) is 2. The van der Waals surface area contributed by atoms with Gasteiger partial charge in [-0.15, -0.1) is 0 Å². The Kier molecular flexibility index (Phi) is 5.33. The number of para-hydroxylation sites is 1. The number of piperazine rings is 1. The van der Waals surface area contributed by atoms with Crippen molar-refractivity contribution in [2.45, 2.75) is 25.9 Å². The third-order valence-corrected chi connectivity index (χ3v) is 5.69. The van der Waals surface area contributed by atoms with Gasteiger partial charge in [-0.25, -0.2) is 4.98 Å². The maximum absolute atomic E-state index is 12.6. The van der Waals surface area contributed by atoms with Crippen molar-refractivity contribution >= 4 is 28.4 Å². The van der Waals surface area contributed by atoms with Crippen LogP contribution in [0.5, 0.6) is 0 Å². The second-order valence-electron chi connectivity index (χ2n) is 8.36. The first-order valence-corrected chi connectivity index (χ1v) is 10.9. The van der Waals surface area contributed by atoms with Gasteiger partial charge in [0, 0.05) is 54.2 Å². The highest BCUT2D eigenvalue weighted by Gasteiger charge is 2.21. The van der Waals surface area contributed by atoms with Gasteiger partial charge in [-0.1, -0.05) is 18.2 Å². The molecule has 4 aromatic rings. The van der Waals surface area contributed by atoms with Crippen LogP contribution in [0.4, 0.5) is 17.3 Å². The molecule has 0 spiro atoms. The predicted molar refractivity (Wildman–Crippen MR) is 129 cm³/mol. The lowest BCUT2D eigenvalue weighted by molar-refractivity contribution is 0.407. The normalized spacial score (nSPS) is 18.6. The number of pyridine rings is 1. The predicted octanol–water partition coefficient (Wildman–Crippen LogP) is 3.71. The first kappa shape index (κ1) is 20.2. The van der Waals surface area contributed by atoms with Crippen molar-refractivity contribution in [1.29, 1.82) is 0 Å². The van der Waals surface area contributed by atoms with E-state index in [9.17, 15) is 4.79 Å². The smallest absolute Gasteiger partial charge is 0.256 e. The number of nitrogens with one attached hydrogen (secondary N) is 2. The van der Waals surface area contributed by atoms with E-state index in [4.69, 9.17) is 0 Å². The van der Waals surface area contributed by atoms with Crippen molar-refractivity contribution in [1.82, 2.24) is 19.9 Å². The van der Waals surface area contributed by atoms with Gasteiger partial charge in [-0.05, 0) is 56.3 Å². The molecule has 32 heavy (non-hydrogen) atoms. The molecular weight excluding hydrogens is 400 g/mol. The third-order valence-electron chi connectivity index (χ3n) is 5.69. The average Bonchev–Trinajstić information content (AvgIpc) is 2.79. The minimum atomic E-state index is -0.128. The Bertz CT molecular complexity index is 1280. The first-order valence-electron chi connectivity index (χ1n) is 10.9. The molecule has 1 fully saturated rings. The second-order valence-corrected chi connectivity index (χ2v) is 8.36. The second kappa shape index (κ2) is 8.43. The molecule has 2 atom stereocenters. The van der Waals surface area contributed by atoms with E-state index < -0.39 is 0 Å². The zero-order valence-electron chi connectivity index (χ0n) is 18.2. The SMILES string of the molecule is CC1CN(c2ccc(Nc3ncc4ccc(=O)n(-c5ccccc5)c4n3)cc2)CC(C)N1. The highest BCUT2D eigenvalue weighted by Crippen LogP contribution is 2.23. The standard InChI is InChI=1S/C25H26N6O/c1-17-15-30(16-18(2)27-17)21-11-9-20(10-12-21)28-25-26-14-19-8-13-23(32)31(24(19)29-25)22-6-4-3-5-7-22/h3-14,17-18,27H,15-16H2,1-2H3,(H,26,28,29). The van der Waals surface area contributed by atoms with Gasteiger partial charge in [0.2, 0.25) is 5.95 Å². The van der Waals surface area contributed by atoms with Gasteiger partial charge in [-0.2, -0.15) is 4.98 Å². The van der Waals surface area contributed by atoms with Crippen molar-refractivity contribution in [3.05, 3.63) is 83.3 Å². The van der Waals surface area contributed by atoms with Crippen molar-refractivity contribution in [2.75, 3.05) is 23.3 Å². The fourth-order valence-corrected chi connectivity index (χ4v) is 4.33. The van der Waals surface area contributed by atoms with Gasteiger partial charge in [0.15, 0.2) is 5.65 Å². The van der Waals surface area contributed by atoms with Gasteiger partial charge in [0.1, 0.15) is 0 Å². The molecule has 3 heterocycles. The Morgan fingerprint density at radius 2 is 1.62 bits per heavy atom. The van der Waals surface area contributed by atoms with Crippen LogP contribution in [-0.2, 0) is 0 Å². The summed E-state index contributed by atoms with van der Waals surface area (Å²) in [6.45, 7) is 6.40. The summed E-state index contributed by atoms with van der Waals surface area (Å²) in [4.78, 5) is 24.1. The summed E-state index contributed by atoms with van der Waals surface area (Å²) in [5.74, 6) is 0.449. The quantitative estimate of drug-likeness (QED) is 0.518. The summed E-state index contributed by atoms with van der Waals surface area (Å²) < 4.78 is 1.61. The average molecular weight is 427 g/mol. The lowest BCUT2D eigenvalue weighted by Gasteiger charge is -2.37. The molecule has 0 amide bonds. The van der Waals surface area contributed by atoms with E-state index >= 15 is 0 Å². The molecule has 1 saturated heterocycles. The molecule has 1 aliphatic rings. The van der Waals surface area contributed by atoms with E-state index in [-0.39, 0.29) is 5.56 Å². The highest BCUT2D eigenvalue weighted by atomic mass is 16.1. The fraction of sp³-hybridized carbons (Fsp3) is 0.240. The van der Waals surface area contributed by atoms with Gasteiger partial charge in [0.25, 0.3) is 5.56 Å². The molecule has 0 aliphatic carbocycles. The molecule has 162 valence electrons. The maximum atomic E-state index is 12.6. The molecule has 2 N–H and O–H groups in total. The Hall–Kier alpha value is -3.71. The molecule has 1 aliphatic heterocycles. The highest BCUT2D eigenvalue weighted by molar-refractivity contribution is 5.77. The summed E-state index contributed by atoms with van der Waals surface area (Å²) in [5, 5.41) is 7.64. The van der Waals surface area contributed by atoms with E-state index in [1.807, 2.05) is 42.5 Å². The molecule has 0 radical (unpaired) electrons. The van der Waals surface area contributed by atoms with E-state index in [0.29, 0.717) is 23.7 Å². The summed E-state index contributed by atoms with van der Waals surface area (Å²) in [7, 11) is 0. The Morgan fingerprint density at radius 1 is 0.906 bits per heavy atom. The fourth-order valence-electron chi connectivity index (χ4n) is 4.33. The topological polar surface area (TPSA) is 75.1 Å². The first-order chi connectivity index (χ1) is 15.6. The molecule has 2 aromatic carbocycles. The number of anilines is 3. The van der Waals surface area contributed by atoms with Crippen molar-refractivity contribution in [3.63, 3.8) is 0 Å². The molecule has 2 aromatic heterocycles. The van der Waals surface area contributed by atoms with Crippen molar-refractivity contribution in [2.24, 2.45) is 0 Å². The Morgan fingerprint density at radius 3 is 2.34 bits per heavy atom. The lowest BCUT2D eigenvalue weighted by atomic mass is 10.1. The van der Waals surface area contributed by atoms with Crippen LogP contribution in [0.25, 0.3) is 16.7 Å². The monoisotopic (exact) mass is 426 g/mol. The van der Waals surface area contributed by atoms with Gasteiger partial charge in [0.05, 0.1) is 5.69 Å². The summed E-state index contributed by atoms with van der Waals surface area (Å²) in [5.41, 5.74) is 3.32. The van der Waals surface area contributed by atoms with Crippen LogP contribution < -0.4 is 21.1 Å². The number of benzene rings is 2. The van der Waals surface area contributed by atoms with Crippen molar-refractivity contribution < 1.29 is 0 Å². The Balaban J connectivity index is 1.43. The molecular formula is C25H26N6O. The van der Waals surface area contributed by atoms with Crippen LogP contribution in [0.3, 0.4) is 0 Å². The number of aromatic nitrogens is 3. The third kappa shape index (κ3) is 4.07. The van der Waals surface area contributed by atoms with Gasteiger partial charge < -0.3 is 15.5 Å². The molecule has 5 rings (SSSR count). The molecule has 7 nitrogen and oxygen atoms in total. The molecule has 0 saturated carbocycles. The molecule has 0 bridgehead atoms. The lowest BCUT2D eigenvalue weighted by Crippen LogP contribution is -2.54. The van der Waals surface area contributed by atoms with Gasteiger partial charge >= 0.3 is 0 Å². The van der Waals surface area contributed by atoms with Crippen molar-refractivity contribution in [3.8, 4) is 5.69 Å². The van der Waals surface area contributed by atoms with E-state index in [1.54, 1.807) is 22.9 Å². The van der Waals surface area contributed by atoms with Gasteiger partial charge in [-0.3, -0.25) is 9.36 Å². The number of nitrogens with zero attached hydrogens (tertiary/aromatic N) is 4. The number of rotatable bonds is 4. The van der Waals surface area contributed by atoms with Crippen LogP contribution in [-0.4, -0.2) is 39.7 Å². The van der Waals surface area contributed by atoms with Crippen LogP contribution in [0.2, 0.25) is 0 Å². The van der Waals surface area contributed by atoms with Crippen LogP contribution in [0.15, 0.2) is 77.7 Å².